The van der Waals surface area contributed by atoms with Gasteiger partial charge in [0.2, 0.25) is 0 Å². The van der Waals surface area contributed by atoms with Crippen molar-refractivity contribution in [2.45, 2.75) is 30.6 Å². The Kier molecular flexibility index (Phi) is 11.0. The van der Waals surface area contributed by atoms with Crippen LogP contribution in [0.1, 0.15) is 44.5 Å². The number of aryl methyl sites for hydroxylation is 1. The molecule has 0 radical (unpaired) electrons. The fraction of sp³-hybridized carbons (Fsp3) is 0.104. The van der Waals surface area contributed by atoms with Crippen LogP contribution in [0.15, 0.2) is 188 Å². The number of benzene rings is 7. The van der Waals surface area contributed by atoms with Gasteiger partial charge in [-0.1, -0.05) is 193 Å². The number of carbonyl (C=O) groups is 1. The largest absolute Gasteiger partial charge is 0.473 e. The maximum Gasteiger partial charge on any atom is 0.324 e. The summed E-state index contributed by atoms with van der Waals surface area (Å²) in [6, 6.07) is 59.5. The molecule has 2 N–H and O–H groups in total. The molecule has 7 aromatic rings. The lowest BCUT2D eigenvalue weighted by molar-refractivity contribution is -0.155. The molecule has 0 bridgehead atoms. The second-order valence-corrected chi connectivity index (χ2v) is 14.1. The molecule has 2 atom stereocenters. The van der Waals surface area contributed by atoms with Crippen molar-refractivity contribution in [3.8, 4) is 5.75 Å². The van der Waals surface area contributed by atoms with Crippen LogP contribution in [0.3, 0.4) is 0 Å². The maximum atomic E-state index is 14.2. The number of halogens is 2. The monoisotopic (exact) mass is 747 g/mol. The van der Waals surface area contributed by atoms with E-state index in [0.717, 1.165) is 38.9 Å². The van der Waals surface area contributed by atoms with Crippen molar-refractivity contribution < 1.29 is 14.3 Å². The molecule has 268 valence electrons. The quantitative estimate of drug-likeness (QED) is 0.0998. The fourth-order valence-corrected chi connectivity index (χ4v) is 7.57. The molecule has 0 aliphatic rings. The van der Waals surface area contributed by atoms with E-state index in [-0.39, 0.29) is 6.42 Å². The molecule has 0 fully saturated rings. The van der Waals surface area contributed by atoms with Gasteiger partial charge >= 0.3 is 5.97 Å². The average molecular weight is 749 g/mol. The molecule has 0 aliphatic carbocycles. The van der Waals surface area contributed by atoms with Crippen LogP contribution in [0.25, 0.3) is 0 Å². The van der Waals surface area contributed by atoms with Gasteiger partial charge in [-0.3, -0.25) is 4.79 Å². The van der Waals surface area contributed by atoms with Crippen molar-refractivity contribution in [1.29, 1.82) is 0 Å². The van der Waals surface area contributed by atoms with Crippen molar-refractivity contribution >= 4 is 29.2 Å². The first-order valence-electron chi connectivity index (χ1n) is 17.8. The summed E-state index contributed by atoms with van der Waals surface area (Å²) in [6.07, 6.45) is 0.230. The van der Waals surface area contributed by atoms with Crippen LogP contribution < -0.4 is 10.5 Å². The third-order valence-corrected chi connectivity index (χ3v) is 10.4. The van der Waals surface area contributed by atoms with Crippen LogP contribution >= 0.6 is 23.2 Å². The number of hydrogen-bond donors (Lipinski definition) is 1. The Labute approximate surface area is 326 Å². The Morgan fingerprint density at radius 2 is 0.944 bits per heavy atom. The zero-order valence-electron chi connectivity index (χ0n) is 29.7. The lowest BCUT2D eigenvalue weighted by Crippen LogP contribution is -2.43. The van der Waals surface area contributed by atoms with E-state index in [1.54, 1.807) is 6.07 Å². The zero-order valence-corrected chi connectivity index (χ0v) is 31.3. The molecule has 0 saturated carbocycles. The lowest BCUT2D eigenvalue weighted by Gasteiger charge is -2.37. The summed E-state index contributed by atoms with van der Waals surface area (Å²) in [7, 11) is 0. The summed E-state index contributed by atoms with van der Waals surface area (Å²) in [5.74, 6) is 0.0503. The lowest BCUT2D eigenvalue weighted by atomic mass is 9.79. The molecule has 0 aliphatic heterocycles. The van der Waals surface area contributed by atoms with Gasteiger partial charge in [-0.2, -0.15) is 0 Å². The molecular weight excluding hydrogens is 709 g/mol. The molecule has 7 rings (SSSR count). The second kappa shape index (κ2) is 16.2. The molecule has 0 heterocycles. The van der Waals surface area contributed by atoms with Gasteiger partial charge in [0.1, 0.15) is 11.8 Å². The first-order valence-corrected chi connectivity index (χ1v) is 18.6. The maximum absolute atomic E-state index is 14.2. The highest BCUT2D eigenvalue weighted by molar-refractivity contribution is 6.32. The number of ether oxygens (including phenoxy) is 2. The number of esters is 1. The predicted octanol–water partition coefficient (Wildman–Crippen LogP) is 11.1. The molecule has 6 heteroatoms. The molecule has 54 heavy (non-hydrogen) atoms. The van der Waals surface area contributed by atoms with Gasteiger partial charge in [-0.25, -0.2) is 0 Å². The topological polar surface area (TPSA) is 61.5 Å². The molecular formula is C48H39Cl2NO3. The van der Waals surface area contributed by atoms with E-state index in [1.807, 2.05) is 189 Å². The summed E-state index contributed by atoms with van der Waals surface area (Å²) in [6.45, 7) is 2.02. The SMILES string of the molecule is Cc1ccc(C(OC(=O)[C@@H](N)Cc2ccc(OC(c3ccccc3)(c3ccccc3)c3ccccc3Cl)cc2)(c2ccccc2)c2ccccc2Cl)cc1. The zero-order chi connectivity index (χ0) is 37.5. The van der Waals surface area contributed by atoms with Gasteiger partial charge < -0.3 is 15.2 Å². The summed E-state index contributed by atoms with van der Waals surface area (Å²) < 4.78 is 13.7. The van der Waals surface area contributed by atoms with Crippen molar-refractivity contribution in [3.05, 3.63) is 243 Å². The van der Waals surface area contributed by atoms with E-state index in [4.69, 9.17) is 38.4 Å². The van der Waals surface area contributed by atoms with Crippen LogP contribution in [-0.2, 0) is 27.2 Å². The minimum absolute atomic E-state index is 0.230. The van der Waals surface area contributed by atoms with Crippen LogP contribution in [0.4, 0.5) is 0 Å². The standard InChI is InChI=1S/C48H39Cl2NO3/c1-34-25-29-39(30-26-34)48(38-19-9-4-10-20-38,42-22-12-14-24-44(42)50)54-46(52)45(51)33-35-27-31-40(32-28-35)53-47(36-15-5-2-6-16-36,37-17-7-3-8-18-37)41-21-11-13-23-43(41)49/h2-32,45H,33,51H2,1H3/t45-,48?/m0/s1. The first kappa shape index (κ1) is 36.7. The number of nitrogens with two attached hydrogens (primary N) is 1. The van der Waals surface area contributed by atoms with Crippen molar-refractivity contribution in [2.75, 3.05) is 0 Å². The van der Waals surface area contributed by atoms with Gasteiger partial charge in [0.25, 0.3) is 0 Å². The highest BCUT2D eigenvalue weighted by Gasteiger charge is 2.43. The second-order valence-electron chi connectivity index (χ2n) is 13.3. The summed E-state index contributed by atoms with van der Waals surface area (Å²) in [5, 5.41) is 1.05. The molecule has 0 amide bonds. The molecule has 0 spiro atoms. The predicted molar refractivity (Wildman–Crippen MR) is 218 cm³/mol. The van der Waals surface area contributed by atoms with Crippen molar-refractivity contribution in [1.82, 2.24) is 0 Å². The number of rotatable bonds is 12. The van der Waals surface area contributed by atoms with Crippen molar-refractivity contribution in [2.24, 2.45) is 5.73 Å². The molecule has 4 nitrogen and oxygen atoms in total. The Balaban J connectivity index is 1.21. The van der Waals surface area contributed by atoms with E-state index in [2.05, 4.69) is 0 Å². The third kappa shape index (κ3) is 7.29. The van der Waals surface area contributed by atoms with E-state index in [9.17, 15) is 4.79 Å². The van der Waals surface area contributed by atoms with Crippen molar-refractivity contribution in [3.63, 3.8) is 0 Å². The summed E-state index contributed by atoms with van der Waals surface area (Å²) >= 11 is 13.8. The minimum atomic E-state index is -1.35. The first-order chi connectivity index (χ1) is 26.3. The van der Waals surface area contributed by atoms with E-state index >= 15 is 0 Å². The normalized spacial score (nSPS) is 13.0. The Bertz CT molecular complexity index is 2280. The average Bonchev–Trinajstić information content (AvgIpc) is 3.21. The summed E-state index contributed by atoms with van der Waals surface area (Å²) in [5.41, 5.74) is 11.0. The Morgan fingerprint density at radius 3 is 1.43 bits per heavy atom. The van der Waals surface area contributed by atoms with Gasteiger partial charge in [-0.15, -0.1) is 0 Å². The van der Waals surface area contributed by atoms with E-state index < -0.39 is 23.2 Å². The van der Waals surface area contributed by atoms with Crippen LogP contribution in [0.2, 0.25) is 10.0 Å². The van der Waals surface area contributed by atoms with Gasteiger partial charge in [0.15, 0.2) is 11.2 Å². The fourth-order valence-electron chi connectivity index (χ4n) is 7.04. The molecule has 7 aromatic carbocycles. The highest BCUT2D eigenvalue weighted by atomic mass is 35.5. The number of hydrogen-bond acceptors (Lipinski definition) is 4. The van der Waals surface area contributed by atoms with Crippen LogP contribution in [-0.4, -0.2) is 12.0 Å². The molecule has 1 unspecified atom stereocenters. The molecule has 0 saturated heterocycles. The van der Waals surface area contributed by atoms with Crippen LogP contribution in [0, 0.1) is 6.92 Å². The van der Waals surface area contributed by atoms with Gasteiger partial charge in [0.05, 0.1) is 0 Å². The van der Waals surface area contributed by atoms with E-state index in [0.29, 0.717) is 21.4 Å². The van der Waals surface area contributed by atoms with Gasteiger partial charge in [-0.05, 0) is 43.2 Å². The minimum Gasteiger partial charge on any atom is -0.473 e. The highest BCUT2D eigenvalue weighted by Crippen LogP contribution is 2.45. The number of carbonyl (C=O) groups excluding carboxylic acids is 1. The van der Waals surface area contributed by atoms with E-state index in [1.165, 1.54) is 0 Å². The van der Waals surface area contributed by atoms with Crippen LogP contribution in [0.5, 0.6) is 5.75 Å². The smallest absolute Gasteiger partial charge is 0.324 e. The molecule has 0 aromatic heterocycles. The Morgan fingerprint density at radius 1 is 0.537 bits per heavy atom. The third-order valence-electron chi connectivity index (χ3n) is 9.71. The Hall–Kier alpha value is -5.65. The van der Waals surface area contributed by atoms with Gasteiger partial charge in [0, 0.05) is 43.4 Å². The summed E-state index contributed by atoms with van der Waals surface area (Å²) in [4.78, 5) is 14.2.